The van der Waals surface area contributed by atoms with Gasteiger partial charge in [0.2, 0.25) is 0 Å². The third-order valence-corrected chi connectivity index (χ3v) is 6.57. The Labute approximate surface area is 168 Å². The number of aromatic nitrogens is 2. The zero-order valence-electron chi connectivity index (χ0n) is 12.7. The molecule has 0 amide bonds. The van der Waals surface area contributed by atoms with Crippen LogP contribution < -0.4 is 0 Å². The minimum atomic E-state index is -1.41. The first-order chi connectivity index (χ1) is 12.0. The summed E-state index contributed by atoms with van der Waals surface area (Å²) >= 11 is 23.0. The fraction of sp³-hybridized carbons (Fsp3) is 0.118. The van der Waals surface area contributed by atoms with E-state index in [4.69, 9.17) is 46.4 Å². The van der Waals surface area contributed by atoms with Crippen LogP contribution in [0.25, 0.3) is 0 Å². The average Bonchev–Trinajstić information content (AvgIpc) is 3.08. The van der Waals surface area contributed by atoms with Gasteiger partial charge in [0, 0.05) is 29.0 Å². The number of hydrogen-bond acceptors (Lipinski definition) is 2. The molecule has 0 saturated heterocycles. The average molecular weight is 434 g/mol. The fourth-order valence-corrected chi connectivity index (χ4v) is 4.87. The van der Waals surface area contributed by atoms with Crippen LogP contribution in [0.3, 0.4) is 0 Å². The van der Waals surface area contributed by atoms with Crippen molar-refractivity contribution in [1.82, 2.24) is 9.55 Å². The summed E-state index contributed by atoms with van der Waals surface area (Å²) in [6.45, 7) is 0.439. The second-order valence-electron chi connectivity index (χ2n) is 5.29. The SMILES string of the molecule is [O-][S+](c1ccc(Cl)c(Cl)c1)C(Cn1ccnc1)c1ccc(Cl)cc1Cl. The first-order valence-electron chi connectivity index (χ1n) is 7.22. The van der Waals surface area contributed by atoms with Crippen LogP contribution in [0.5, 0.6) is 0 Å². The quantitative estimate of drug-likeness (QED) is 0.459. The van der Waals surface area contributed by atoms with E-state index >= 15 is 0 Å². The van der Waals surface area contributed by atoms with E-state index in [-0.39, 0.29) is 0 Å². The van der Waals surface area contributed by atoms with E-state index in [1.165, 1.54) is 0 Å². The van der Waals surface area contributed by atoms with E-state index < -0.39 is 16.4 Å². The first-order valence-corrected chi connectivity index (χ1v) is 9.94. The number of hydrogen-bond donors (Lipinski definition) is 0. The van der Waals surface area contributed by atoms with Crippen molar-refractivity contribution in [2.75, 3.05) is 0 Å². The second kappa shape index (κ2) is 8.21. The maximum absolute atomic E-state index is 13.3. The van der Waals surface area contributed by atoms with Gasteiger partial charge in [0.25, 0.3) is 0 Å². The summed E-state index contributed by atoms with van der Waals surface area (Å²) in [4.78, 5) is 4.61. The zero-order chi connectivity index (χ0) is 18.0. The van der Waals surface area contributed by atoms with Gasteiger partial charge in [0.05, 0.1) is 27.9 Å². The van der Waals surface area contributed by atoms with Crippen LogP contribution >= 0.6 is 46.4 Å². The Bertz CT molecular complexity index is 873. The zero-order valence-corrected chi connectivity index (χ0v) is 16.5. The van der Waals surface area contributed by atoms with Crippen molar-refractivity contribution in [3.63, 3.8) is 0 Å². The number of rotatable bonds is 5. The van der Waals surface area contributed by atoms with Crippen molar-refractivity contribution < 1.29 is 4.55 Å². The van der Waals surface area contributed by atoms with Crippen LogP contribution in [-0.2, 0) is 17.7 Å². The molecule has 0 N–H and O–H groups in total. The normalized spacial score (nSPS) is 13.6. The molecule has 0 bridgehead atoms. The molecule has 2 atom stereocenters. The van der Waals surface area contributed by atoms with Crippen molar-refractivity contribution >= 4 is 57.6 Å². The number of imidazole rings is 1. The Kier molecular flexibility index (Phi) is 6.21. The summed E-state index contributed by atoms with van der Waals surface area (Å²) < 4.78 is 15.1. The highest BCUT2D eigenvalue weighted by molar-refractivity contribution is 7.91. The highest BCUT2D eigenvalue weighted by atomic mass is 35.5. The van der Waals surface area contributed by atoms with Gasteiger partial charge >= 0.3 is 0 Å². The van der Waals surface area contributed by atoms with Crippen LogP contribution in [-0.4, -0.2) is 14.1 Å². The van der Waals surface area contributed by atoms with Gasteiger partial charge in [-0.3, -0.25) is 0 Å². The summed E-state index contributed by atoms with van der Waals surface area (Å²) in [6.07, 6.45) is 5.15. The summed E-state index contributed by atoms with van der Waals surface area (Å²) in [7, 11) is 0. The lowest BCUT2D eigenvalue weighted by Crippen LogP contribution is -2.19. The molecule has 0 aliphatic heterocycles. The van der Waals surface area contributed by atoms with Gasteiger partial charge in [0.1, 0.15) is 0 Å². The molecule has 0 aliphatic rings. The number of halogens is 4. The summed E-state index contributed by atoms with van der Waals surface area (Å²) in [5.74, 6) is 0. The minimum absolute atomic E-state index is 0.358. The number of nitrogens with zero attached hydrogens (tertiary/aromatic N) is 2. The molecule has 0 saturated carbocycles. The molecule has 8 heteroatoms. The molecule has 3 rings (SSSR count). The molecule has 0 aliphatic carbocycles. The maximum atomic E-state index is 13.3. The van der Waals surface area contributed by atoms with Crippen molar-refractivity contribution in [2.24, 2.45) is 0 Å². The lowest BCUT2D eigenvalue weighted by Gasteiger charge is -2.23. The fourth-order valence-electron chi connectivity index (χ4n) is 2.40. The van der Waals surface area contributed by atoms with E-state index in [0.717, 1.165) is 5.56 Å². The van der Waals surface area contributed by atoms with E-state index in [0.29, 0.717) is 31.5 Å². The molecule has 0 fully saturated rings. The largest absolute Gasteiger partial charge is 0.611 e. The Balaban J connectivity index is 2.01. The molecule has 3 nitrogen and oxygen atoms in total. The lowest BCUT2D eigenvalue weighted by atomic mass is 10.1. The smallest absolute Gasteiger partial charge is 0.165 e. The van der Waals surface area contributed by atoms with E-state index in [2.05, 4.69) is 4.98 Å². The van der Waals surface area contributed by atoms with Crippen LogP contribution in [0.15, 0.2) is 60.0 Å². The molecule has 25 heavy (non-hydrogen) atoms. The van der Waals surface area contributed by atoms with Gasteiger partial charge in [-0.25, -0.2) is 4.98 Å². The molecule has 2 aromatic carbocycles. The molecule has 3 aromatic rings. The van der Waals surface area contributed by atoms with Crippen LogP contribution in [0, 0.1) is 0 Å². The van der Waals surface area contributed by atoms with Crippen molar-refractivity contribution in [3.8, 4) is 0 Å². The highest BCUT2D eigenvalue weighted by Gasteiger charge is 2.30. The summed E-state index contributed by atoms with van der Waals surface area (Å²) in [5.41, 5.74) is 0.740. The van der Waals surface area contributed by atoms with Gasteiger partial charge < -0.3 is 9.12 Å². The summed E-state index contributed by atoms with van der Waals surface area (Å²) in [5, 5.41) is 1.35. The molecule has 0 spiro atoms. The molecule has 130 valence electrons. The molecule has 1 aromatic heterocycles. The standard InChI is InChI=1S/C17H12Cl4N2OS/c18-11-1-3-13(15(20)7-11)17(9-23-6-5-22-10-23)25(24)12-2-4-14(19)16(21)8-12/h1-8,10,17H,9H2. The highest BCUT2D eigenvalue weighted by Crippen LogP contribution is 2.37. The Morgan fingerprint density at radius 1 is 1.00 bits per heavy atom. The summed E-state index contributed by atoms with van der Waals surface area (Å²) in [6, 6.07) is 10.1. The minimum Gasteiger partial charge on any atom is -0.611 e. The Hall–Kier alpha value is -0.880. The van der Waals surface area contributed by atoms with Crippen molar-refractivity contribution in [2.45, 2.75) is 16.7 Å². The third kappa shape index (κ3) is 4.45. The van der Waals surface area contributed by atoms with Crippen LogP contribution in [0.4, 0.5) is 0 Å². The second-order valence-corrected chi connectivity index (χ2v) is 8.58. The van der Waals surface area contributed by atoms with Gasteiger partial charge in [-0.1, -0.05) is 52.5 Å². The number of benzene rings is 2. The lowest BCUT2D eigenvalue weighted by molar-refractivity contribution is 0.561. The maximum Gasteiger partial charge on any atom is 0.165 e. The van der Waals surface area contributed by atoms with Crippen molar-refractivity contribution in [1.29, 1.82) is 0 Å². The molecule has 1 heterocycles. The van der Waals surface area contributed by atoms with Gasteiger partial charge in [-0.05, 0) is 35.4 Å². The van der Waals surface area contributed by atoms with Crippen LogP contribution in [0.2, 0.25) is 20.1 Å². The van der Waals surface area contributed by atoms with E-state index in [1.807, 2.05) is 10.8 Å². The predicted octanol–water partition coefficient (Wildman–Crippen LogP) is 6.05. The molecular formula is C17H12Cl4N2OS. The molecule has 0 radical (unpaired) electrons. The third-order valence-electron chi connectivity index (χ3n) is 3.63. The monoisotopic (exact) mass is 432 g/mol. The van der Waals surface area contributed by atoms with Gasteiger partial charge in [-0.2, -0.15) is 0 Å². The van der Waals surface area contributed by atoms with Crippen LogP contribution in [0.1, 0.15) is 10.8 Å². The van der Waals surface area contributed by atoms with E-state index in [1.54, 1.807) is 48.9 Å². The molecule has 2 unspecified atom stereocenters. The predicted molar refractivity (Wildman–Crippen MR) is 104 cm³/mol. The Morgan fingerprint density at radius 2 is 1.80 bits per heavy atom. The Morgan fingerprint density at radius 3 is 2.44 bits per heavy atom. The molecular weight excluding hydrogens is 422 g/mol. The van der Waals surface area contributed by atoms with E-state index in [9.17, 15) is 4.55 Å². The van der Waals surface area contributed by atoms with Gasteiger partial charge in [-0.15, -0.1) is 0 Å². The van der Waals surface area contributed by atoms with Crippen molar-refractivity contribution in [3.05, 3.63) is 80.8 Å². The first kappa shape index (κ1) is 18.9. The topological polar surface area (TPSA) is 40.9 Å². The van der Waals surface area contributed by atoms with Gasteiger partial charge in [0.15, 0.2) is 10.1 Å².